The van der Waals surface area contributed by atoms with Crippen molar-refractivity contribution in [3.63, 3.8) is 0 Å². The molecule has 1 rings (SSSR count). The molecule has 56 valence electrons. The van der Waals surface area contributed by atoms with E-state index in [0.29, 0.717) is 0 Å². The summed E-state index contributed by atoms with van der Waals surface area (Å²) in [5.74, 6) is 0. The van der Waals surface area contributed by atoms with Gasteiger partial charge in [-0.1, -0.05) is 0 Å². The van der Waals surface area contributed by atoms with Crippen molar-refractivity contribution in [1.29, 1.82) is 0 Å². The van der Waals surface area contributed by atoms with Gasteiger partial charge < -0.3 is 5.73 Å². The van der Waals surface area contributed by atoms with E-state index in [2.05, 4.69) is 10.4 Å². The minimum Gasteiger partial charge on any atom is -0.328 e. The molecule has 0 bridgehead atoms. The highest BCUT2D eigenvalue weighted by atomic mass is 32.1. The Morgan fingerprint density at radius 1 is 1.80 bits per heavy atom. The van der Waals surface area contributed by atoms with Crippen LogP contribution < -0.4 is 5.73 Å². The first-order valence-corrected chi connectivity index (χ1v) is 4.23. The van der Waals surface area contributed by atoms with Crippen molar-refractivity contribution in [2.75, 3.05) is 0 Å². The number of thiazole rings is 1. The Morgan fingerprint density at radius 2 is 2.50 bits per heavy atom. The van der Waals surface area contributed by atoms with Gasteiger partial charge in [-0.2, -0.15) is 0 Å². The molecule has 2 N–H and O–H groups in total. The second kappa shape index (κ2) is 3.12. The normalized spacial score (nSPS) is 13.5. The van der Waals surface area contributed by atoms with Gasteiger partial charge in [-0.15, -0.1) is 11.3 Å². The molecule has 0 aliphatic carbocycles. The first-order valence-electron chi connectivity index (χ1n) is 3.35. The SMILES string of the molecule is Cc1csc(C[C@H](C)N)n1. The fourth-order valence-electron chi connectivity index (χ4n) is 0.772. The van der Waals surface area contributed by atoms with Crippen molar-refractivity contribution in [2.45, 2.75) is 26.3 Å². The molecule has 0 spiro atoms. The summed E-state index contributed by atoms with van der Waals surface area (Å²) < 4.78 is 0. The van der Waals surface area contributed by atoms with Gasteiger partial charge in [0.15, 0.2) is 0 Å². The maximum absolute atomic E-state index is 5.60. The average Bonchev–Trinajstić information content (AvgIpc) is 2.13. The third-order valence-electron chi connectivity index (χ3n) is 1.16. The van der Waals surface area contributed by atoms with E-state index < -0.39 is 0 Å². The predicted octanol–water partition coefficient (Wildman–Crippen LogP) is 1.34. The van der Waals surface area contributed by atoms with E-state index in [4.69, 9.17) is 5.73 Å². The highest BCUT2D eigenvalue weighted by Crippen LogP contribution is 2.09. The Morgan fingerprint density at radius 3 is 2.90 bits per heavy atom. The molecule has 0 radical (unpaired) electrons. The molecule has 0 aliphatic rings. The number of rotatable bonds is 2. The predicted molar refractivity (Wildman–Crippen MR) is 44.2 cm³/mol. The Hall–Kier alpha value is -0.410. The highest BCUT2D eigenvalue weighted by Gasteiger charge is 2.00. The lowest BCUT2D eigenvalue weighted by molar-refractivity contribution is 0.732. The van der Waals surface area contributed by atoms with Crippen LogP contribution in [0.1, 0.15) is 17.6 Å². The molecular formula is C7H12N2S. The fraction of sp³-hybridized carbons (Fsp3) is 0.571. The number of nitrogens with two attached hydrogens (primary N) is 1. The minimum atomic E-state index is 0.227. The van der Waals surface area contributed by atoms with E-state index in [1.807, 2.05) is 13.8 Å². The molecule has 0 saturated carbocycles. The molecular weight excluding hydrogens is 144 g/mol. The van der Waals surface area contributed by atoms with Crippen molar-refractivity contribution in [3.05, 3.63) is 16.1 Å². The quantitative estimate of drug-likeness (QED) is 0.701. The van der Waals surface area contributed by atoms with E-state index in [0.717, 1.165) is 17.1 Å². The van der Waals surface area contributed by atoms with E-state index in [-0.39, 0.29) is 6.04 Å². The molecule has 2 nitrogen and oxygen atoms in total. The number of hydrogen-bond donors (Lipinski definition) is 1. The zero-order chi connectivity index (χ0) is 7.56. The molecule has 1 atom stereocenters. The van der Waals surface area contributed by atoms with Crippen molar-refractivity contribution < 1.29 is 0 Å². The first kappa shape index (κ1) is 7.69. The van der Waals surface area contributed by atoms with Crippen molar-refractivity contribution in [3.8, 4) is 0 Å². The highest BCUT2D eigenvalue weighted by molar-refractivity contribution is 7.09. The van der Waals surface area contributed by atoms with Crippen LogP contribution in [0.15, 0.2) is 5.38 Å². The molecule has 3 heteroatoms. The van der Waals surface area contributed by atoms with Crippen LogP contribution >= 0.6 is 11.3 Å². The van der Waals surface area contributed by atoms with Gasteiger partial charge in [0.25, 0.3) is 0 Å². The molecule has 0 unspecified atom stereocenters. The molecule has 1 aromatic heterocycles. The number of hydrogen-bond acceptors (Lipinski definition) is 3. The topological polar surface area (TPSA) is 38.9 Å². The smallest absolute Gasteiger partial charge is 0.0943 e. The van der Waals surface area contributed by atoms with Crippen molar-refractivity contribution in [1.82, 2.24) is 4.98 Å². The molecule has 0 fully saturated rings. The molecule has 0 saturated heterocycles. The summed E-state index contributed by atoms with van der Waals surface area (Å²) in [6.45, 7) is 4.00. The van der Waals surface area contributed by atoms with E-state index in [9.17, 15) is 0 Å². The summed E-state index contributed by atoms with van der Waals surface area (Å²) in [6.07, 6.45) is 0.901. The summed E-state index contributed by atoms with van der Waals surface area (Å²) in [4.78, 5) is 4.29. The second-order valence-corrected chi connectivity index (χ2v) is 3.51. The van der Waals surface area contributed by atoms with Crippen LogP contribution in [0.25, 0.3) is 0 Å². The van der Waals surface area contributed by atoms with Gasteiger partial charge in [0.1, 0.15) is 0 Å². The van der Waals surface area contributed by atoms with E-state index in [1.165, 1.54) is 0 Å². The third-order valence-corrected chi connectivity index (χ3v) is 2.15. The standard InChI is InChI=1S/C7H12N2S/c1-5(8)3-7-9-6(2)4-10-7/h4-5H,3,8H2,1-2H3/t5-/m0/s1. The lowest BCUT2D eigenvalue weighted by Crippen LogP contribution is -2.17. The van der Waals surface area contributed by atoms with Gasteiger partial charge in [0.2, 0.25) is 0 Å². The molecule has 1 heterocycles. The summed E-state index contributed by atoms with van der Waals surface area (Å²) in [7, 11) is 0. The number of aromatic nitrogens is 1. The summed E-state index contributed by atoms with van der Waals surface area (Å²) in [5.41, 5.74) is 6.70. The minimum absolute atomic E-state index is 0.227. The maximum atomic E-state index is 5.60. The third kappa shape index (κ3) is 2.08. The van der Waals surface area contributed by atoms with Crippen LogP contribution in [0.2, 0.25) is 0 Å². The Labute approximate surface area is 65.1 Å². The average molecular weight is 156 g/mol. The van der Waals surface area contributed by atoms with Crippen LogP contribution in [0.5, 0.6) is 0 Å². The molecule has 10 heavy (non-hydrogen) atoms. The summed E-state index contributed by atoms with van der Waals surface area (Å²) in [6, 6.07) is 0.227. The first-order chi connectivity index (χ1) is 4.68. The zero-order valence-electron chi connectivity index (χ0n) is 6.29. The monoisotopic (exact) mass is 156 g/mol. The maximum Gasteiger partial charge on any atom is 0.0943 e. The van der Waals surface area contributed by atoms with Crippen LogP contribution in [-0.2, 0) is 6.42 Å². The Kier molecular flexibility index (Phi) is 2.40. The van der Waals surface area contributed by atoms with Gasteiger partial charge in [-0.05, 0) is 13.8 Å². The molecule has 0 amide bonds. The zero-order valence-corrected chi connectivity index (χ0v) is 7.11. The van der Waals surface area contributed by atoms with E-state index in [1.54, 1.807) is 11.3 Å². The van der Waals surface area contributed by atoms with Crippen molar-refractivity contribution >= 4 is 11.3 Å². The fourth-order valence-corrected chi connectivity index (χ4v) is 1.69. The summed E-state index contributed by atoms with van der Waals surface area (Å²) in [5, 5.41) is 3.20. The van der Waals surface area contributed by atoms with E-state index >= 15 is 0 Å². The largest absolute Gasteiger partial charge is 0.328 e. The van der Waals surface area contributed by atoms with Gasteiger partial charge in [0, 0.05) is 23.5 Å². The molecule has 0 aromatic carbocycles. The van der Waals surface area contributed by atoms with Crippen molar-refractivity contribution in [2.24, 2.45) is 5.73 Å². The van der Waals surface area contributed by atoms with Gasteiger partial charge in [-0.25, -0.2) is 4.98 Å². The van der Waals surface area contributed by atoms with Gasteiger partial charge in [0.05, 0.1) is 5.01 Å². The lowest BCUT2D eigenvalue weighted by Gasteiger charge is -1.98. The van der Waals surface area contributed by atoms with Crippen LogP contribution in [0, 0.1) is 6.92 Å². The lowest BCUT2D eigenvalue weighted by atomic mass is 10.3. The Balaban J connectivity index is 2.58. The van der Waals surface area contributed by atoms with Crippen LogP contribution in [0.4, 0.5) is 0 Å². The molecule has 0 aliphatic heterocycles. The molecule has 1 aromatic rings. The second-order valence-electron chi connectivity index (χ2n) is 2.56. The van der Waals surface area contributed by atoms with Gasteiger partial charge >= 0.3 is 0 Å². The van der Waals surface area contributed by atoms with Gasteiger partial charge in [-0.3, -0.25) is 0 Å². The number of nitrogens with zero attached hydrogens (tertiary/aromatic N) is 1. The summed E-state index contributed by atoms with van der Waals surface area (Å²) >= 11 is 1.69. The van der Waals surface area contributed by atoms with Crippen LogP contribution in [-0.4, -0.2) is 11.0 Å². The van der Waals surface area contributed by atoms with Crippen LogP contribution in [0.3, 0.4) is 0 Å². The Bertz CT molecular complexity index is 205. The number of aryl methyl sites for hydroxylation is 1.